The van der Waals surface area contributed by atoms with E-state index in [9.17, 15) is 9.59 Å². The summed E-state index contributed by atoms with van der Waals surface area (Å²) in [5, 5.41) is 16.3. The number of pyridine rings is 1. The van der Waals surface area contributed by atoms with Gasteiger partial charge < -0.3 is 5.73 Å². The summed E-state index contributed by atoms with van der Waals surface area (Å²) in [6.07, 6.45) is 2.81. The van der Waals surface area contributed by atoms with E-state index in [0.717, 1.165) is 23.0 Å². The Kier molecular flexibility index (Phi) is 5.22. The zero-order chi connectivity index (χ0) is 21.1. The summed E-state index contributed by atoms with van der Waals surface area (Å²) < 4.78 is 2.94. The number of hydrogen-bond acceptors (Lipinski definition) is 8. The second-order valence-corrected chi connectivity index (χ2v) is 7.02. The van der Waals surface area contributed by atoms with Gasteiger partial charge in [0.25, 0.3) is 5.56 Å². The number of rotatable bonds is 5. The molecule has 150 valence electrons. The van der Waals surface area contributed by atoms with Crippen LogP contribution in [0.15, 0.2) is 68.7 Å². The number of nitrogens with two attached hydrogens (primary N) is 1. The molecule has 3 aromatic heterocycles. The normalized spacial score (nSPS) is 11.2. The molecule has 0 aliphatic carbocycles. The molecule has 0 aliphatic heterocycles. The van der Waals surface area contributed by atoms with E-state index in [1.165, 1.54) is 15.3 Å². The quantitative estimate of drug-likeness (QED) is 0.279. The zero-order valence-electron chi connectivity index (χ0n) is 15.6. The van der Waals surface area contributed by atoms with Gasteiger partial charge in [0.2, 0.25) is 5.16 Å². The second-order valence-electron chi connectivity index (χ2n) is 6.07. The predicted molar refractivity (Wildman–Crippen MR) is 110 cm³/mol. The number of urea groups is 1. The molecule has 4 aromatic rings. The molecular formula is C18H15N9O2S. The average Bonchev–Trinajstić information content (AvgIpc) is 3.20. The Balaban J connectivity index is 1.85. The number of hydrazone groups is 1. The van der Waals surface area contributed by atoms with Crippen molar-refractivity contribution in [3.05, 3.63) is 70.1 Å². The molecule has 12 heteroatoms. The fraction of sp³-hybridized carbons (Fsp3) is 0.0556. The first-order valence-corrected chi connectivity index (χ1v) is 9.48. The number of fused-ring (bicyclic) bond motifs is 1. The summed E-state index contributed by atoms with van der Waals surface area (Å²) in [6.45, 7) is 1.85. The minimum Gasteiger partial charge on any atom is -0.350 e. The van der Waals surface area contributed by atoms with Crippen LogP contribution in [0.5, 0.6) is 0 Å². The third kappa shape index (κ3) is 3.75. The number of aryl methyl sites for hydroxylation is 1. The van der Waals surface area contributed by atoms with Crippen molar-refractivity contribution in [2.45, 2.75) is 17.1 Å². The molecule has 4 rings (SSSR count). The van der Waals surface area contributed by atoms with Crippen LogP contribution in [0.25, 0.3) is 11.3 Å². The lowest BCUT2D eigenvalue weighted by Crippen LogP contribution is -2.26. The highest BCUT2D eigenvalue weighted by Gasteiger charge is 2.18. The van der Waals surface area contributed by atoms with Crippen molar-refractivity contribution < 1.29 is 4.79 Å². The van der Waals surface area contributed by atoms with Gasteiger partial charge in [-0.1, -0.05) is 24.3 Å². The van der Waals surface area contributed by atoms with Crippen LogP contribution in [0, 0.1) is 6.92 Å². The van der Waals surface area contributed by atoms with Crippen molar-refractivity contribution in [2.24, 2.45) is 10.8 Å². The summed E-state index contributed by atoms with van der Waals surface area (Å²) in [6, 6.07) is 12.1. The summed E-state index contributed by atoms with van der Waals surface area (Å²) in [5.41, 5.74) is 8.97. The lowest BCUT2D eigenvalue weighted by molar-refractivity contribution is 0.249. The highest BCUT2D eigenvalue weighted by Crippen LogP contribution is 2.27. The van der Waals surface area contributed by atoms with E-state index in [1.807, 2.05) is 43.3 Å². The van der Waals surface area contributed by atoms with Gasteiger partial charge in [0.1, 0.15) is 10.7 Å². The van der Waals surface area contributed by atoms with Gasteiger partial charge in [-0.05, 0) is 52.9 Å². The van der Waals surface area contributed by atoms with Gasteiger partial charge >= 0.3 is 6.03 Å². The number of carbonyl (C=O) groups excluding carboxylic acids is 1. The number of amides is 2. The number of nitrogens with one attached hydrogen (secondary N) is 1. The number of hydrogen-bond donors (Lipinski definition) is 2. The standard InChI is InChI=1S/C18H15N9O2S/c1-11-6-5-9-26-14(11)21-15(13(16(26)28)10-20-22-17(19)29)30-18-23-24-25-27(18)12-7-3-2-4-8-12/h2-10H,1H3,(H3,19,22,29)/b20-10-. The van der Waals surface area contributed by atoms with Crippen LogP contribution in [0.1, 0.15) is 11.1 Å². The molecule has 0 saturated carbocycles. The Hall–Kier alpha value is -4.06. The molecule has 1 aromatic carbocycles. The first-order chi connectivity index (χ1) is 14.5. The highest BCUT2D eigenvalue weighted by atomic mass is 32.2. The SMILES string of the molecule is Cc1cccn2c(=O)c(/C=N\NC(N)=O)c(Sc3nnnn3-c3ccccc3)nc12. The lowest BCUT2D eigenvalue weighted by Gasteiger charge is -2.09. The molecule has 0 bridgehead atoms. The van der Waals surface area contributed by atoms with Gasteiger partial charge in [-0.2, -0.15) is 9.78 Å². The van der Waals surface area contributed by atoms with Crippen LogP contribution in [0.3, 0.4) is 0 Å². The minimum atomic E-state index is -0.849. The van der Waals surface area contributed by atoms with E-state index in [2.05, 4.69) is 31.0 Å². The second kappa shape index (κ2) is 8.13. The van der Waals surface area contributed by atoms with E-state index < -0.39 is 6.03 Å². The zero-order valence-corrected chi connectivity index (χ0v) is 16.4. The predicted octanol–water partition coefficient (Wildman–Crippen LogP) is 1.13. The van der Waals surface area contributed by atoms with Crippen molar-refractivity contribution in [1.29, 1.82) is 0 Å². The summed E-state index contributed by atoms with van der Waals surface area (Å²) in [5.74, 6) is 0. The van der Waals surface area contributed by atoms with E-state index >= 15 is 0 Å². The van der Waals surface area contributed by atoms with E-state index in [1.54, 1.807) is 12.3 Å². The van der Waals surface area contributed by atoms with Crippen LogP contribution in [0.4, 0.5) is 4.79 Å². The Morgan fingerprint density at radius 1 is 1.23 bits per heavy atom. The molecule has 0 fully saturated rings. The monoisotopic (exact) mass is 421 g/mol. The molecule has 0 atom stereocenters. The lowest BCUT2D eigenvalue weighted by atomic mass is 10.3. The number of nitrogens with zero attached hydrogens (tertiary/aromatic N) is 7. The number of benzene rings is 1. The summed E-state index contributed by atoms with van der Waals surface area (Å²) >= 11 is 1.11. The highest BCUT2D eigenvalue weighted by molar-refractivity contribution is 7.99. The van der Waals surface area contributed by atoms with Crippen molar-refractivity contribution >= 4 is 29.7 Å². The molecule has 3 heterocycles. The summed E-state index contributed by atoms with van der Waals surface area (Å²) in [7, 11) is 0. The number of carbonyl (C=O) groups is 1. The third-order valence-electron chi connectivity index (χ3n) is 4.05. The first-order valence-electron chi connectivity index (χ1n) is 8.67. The maximum absolute atomic E-state index is 13.1. The number of tetrazole rings is 1. The topological polar surface area (TPSA) is 145 Å². The smallest absolute Gasteiger partial charge is 0.332 e. The van der Waals surface area contributed by atoms with Gasteiger partial charge in [0.15, 0.2) is 0 Å². The first kappa shape index (κ1) is 19.3. The van der Waals surface area contributed by atoms with Crippen LogP contribution in [0.2, 0.25) is 0 Å². The average molecular weight is 421 g/mol. The summed E-state index contributed by atoms with van der Waals surface area (Å²) in [4.78, 5) is 28.6. The Bertz CT molecular complexity index is 1310. The number of para-hydroxylation sites is 1. The van der Waals surface area contributed by atoms with Crippen molar-refractivity contribution in [2.75, 3.05) is 0 Å². The van der Waals surface area contributed by atoms with E-state index in [-0.39, 0.29) is 11.1 Å². The minimum absolute atomic E-state index is 0.152. The maximum Gasteiger partial charge on any atom is 0.332 e. The van der Waals surface area contributed by atoms with Crippen molar-refractivity contribution in [3.8, 4) is 5.69 Å². The van der Waals surface area contributed by atoms with Crippen LogP contribution in [-0.2, 0) is 0 Å². The van der Waals surface area contributed by atoms with Crippen LogP contribution < -0.4 is 16.7 Å². The van der Waals surface area contributed by atoms with E-state index in [0.29, 0.717) is 15.8 Å². The van der Waals surface area contributed by atoms with E-state index in [4.69, 9.17) is 5.73 Å². The molecule has 0 saturated heterocycles. The van der Waals surface area contributed by atoms with Gasteiger partial charge in [-0.15, -0.1) is 5.10 Å². The molecule has 0 radical (unpaired) electrons. The fourth-order valence-electron chi connectivity index (χ4n) is 2.70. The fourth-order valence-corrected chi connectivity index (χ4v) is 3.56. The Labute approximate surface area is 173 Å². The van der Waals surface area contributed by atoms with Gasteiger partial charge in [0, 0.05) is 6.20 Å². The van der Waals surface area contributed by atoms with Gasteiger partial charge in [0.05, 0.1) is 17.5 Å². The molecule has 0 spiro atoms. The van der Waals surface area contributed by atoms with Crippen LogP contribution >= 0.6 is 11.8 Å². The maximum atomic E-state index is 13.1. The molecule has 30 heavy (non-hydrogen) atoms. The Morgan fingerprint density at radius 3 is 2.80 bits per heavy atom. The molecule has 0 unspecified atom stereocenters. The molecule has 3 N–H and O–H groups in total. The molecule has 0 aliphatic rings. The largest absolute Gasteiger partial charge is 0.350 e. The molecule has 11 nitrogen and oxygen atoms in total. The number of aromatic nitrogens is 6. The molecule has 2 amide bonds. The number of primary amides is 1. The van der Waals surface area contributed by atoms with Gasteiger partial charge in [-0.3, -0.25) is 9.20 Å². The third-order valence-corrected chi connectivity index (χ3v) is 4.99. The van der Waals surface area contributed by atoms with Gasteiger partial charge in [-0.25, -0.2) is 15.2 Å². The molecular weight excluding hydrogens is 406 g/mol. The Morgan fingerprint density at radius 2 is 2.03 bits per heavy atom. The van der Waals surface area contributed by atoms with Crippen molar-refractivity contribution in [3.63, 3.8) is 0 Å². The van der Waals surface area contributed by atoms with Crippen molar-refractivity contribution in [1.82, 2.24) is 35.0 Å². The van der Waals surface area contributed by atoms with Crippen LogP contribution in [-0.4, -0.2) is 41.8 Å².